The quantitative estimate of drug-likeness (QED) is 0.282. The Hall–Kier alpha value is -3.56. The molecule has 3 nitrogen and oxygen atoms in total. The fourth-order valence-corrected chi connectivity index (χ4v) is 3.72. The Morgan fingerprint density at radius 1 is 0.606 bits per heavy atom. The van der Waals surface area contributed by atoms with Crippen LogP contribution in [0.4, 0.5) is 0 Å². The zero-order chi connectivity index (χ0) is 22.7. The van der Waals surface area contributed by atoms with Gasteiger partial charge in [-0.1, -0.05) is 91.0 Å². The fourth-order valence-electron chi connectivity index (χ4n) is 3.72. The largest absolute Gasteiger partial charge is 0.489 e. The van der Waals surface area contributed by atoms with E-state index >= 15 is 0 Å². The third-order valence-corrected chi connectivity index (χ3v) is 5.60. The highest BCUT2D eigenvalue weighted by atomic mass is 16.5. The van der Waals surface area contributed by atoms with Crippen LogP contribution in [0, 0.1) is 0 Å². The van der Waals surface area contributed by atoms with E-state index in [-0.39, 0.29) is 0 Å². The Morgan fingerprint density at radius 2 is 1.09 bits per heavy atom. The fraction of sp³-hybridized carbons (Fsp3) is 0.200. The molecule has 0 saturated carbocycles. The second-order valence-electron chi connectivity index (χ2n) is 8.20. The van der Waals surface area contributed by atoms with Gasteiger partial charge in [0, 0.05) is 12.1 Å². The number of rotatable bonds is 11. The van der Waals surface area contributed by atoms with Gasteiger partial charge in [-0.05, 0) is 54.3 Å². The van der Waals surface area contributed by atoms with E-state index in [9.17, 15) is 0 Å². The second kappa shape index (κ2) is 11.9. The van der Waals surface area contributed by atoms with Gasteiger partial charge in [0.25, 0.3) is 0 Å². The normalized spacial score (nSPS) is 11.7. The predicted molar refractivity (Wildman–Crippen MR) is 135 cm³/mol. The Balaban J connectivity index is 1.41. The molecule has 0 radical (unpaired) electrons. The molecule has 0 fully saturated rings. The van der Waals surface area contributed by atoms with Crippen molar-refractivity contribution in [2.24, 2.45) is 0 Å². The maximum atomic E-state index is 6.12. The first-order chi connectivity index (χ1) is 16.3. The number of hydrogen-bond acceptors (Lipinski definition) is 3. The first kappa shape index (κ1) is 22.6. The Morgan fingerprint density at radius 3 is 1.61 bits per heavy atom. The standard InChI is InChI=1S/C30H31NO2/c1-24(28-15-9-4-10-16-28)31-18-17-27-19-29(32-22-25-11-5-2-6-12-25)21-30(20-27)33-23-26-13-7-3-8-14-26/h2-16,19-21,24,31H,17-18,22-23H2,1H3/t24-/m1/s1. The van der Waals surface area contributed by atoms with Gasteiger partial charge in [-0.25, -0.2) is 0 Å². The second-order valence-corrected chi connectivity index (χ2v) is 8.20. The lowest BCUT2D eigenvalue weighted by Gasteiger charge is -2.16. The van der Waals surface area contributed by atoms with Crippen LogP contribution in [0.1, 0.15) is 35.2 Å². The van der Waals surface area contributed by atoms with E-state index in [1.165, 1.54) is 11.1 Å². The minimum Gasteiger partial charge on any atom is -0.489 e. The van der Waals surface area contributed by atoms with E-state index in [1.54, 1.807) is 0 Å². The van der Waals surface area contributed by atoms with Crippen molar-refractivity contribution >= 4 is 0 Å². The van der Waals surface area contributed by atoms with E-state index in [2.05, 4.69) is 72.9 Å². The maximum absolute atomic E-state index is 6.12. The zero-order valence-corrected chi connectivity index (χ0v) is 19.1. The van der Waals surface area contributed by atoms with E-state index in [0.29, 0.717) is 19.3 Å². The SMILES string of the molecule is C[C@@H](NCCc1cc(OCc2ccccc2)cc(OCc2ccccc2)c1)c1ccccc1. The predicted octanol–water partition coefficient (Wildman–Crippen LogP) is 6.74. The minimum absolute atomic E-state index is 0.303. The van der Waals surface area contributed by atoms with Gasteiger partial charge in [-0.15, -0.1) is 0 Å². The number of nitrogens with one attached hydrogen (secondary N) is 1. The summed E-state index contributed by atoms with van der Waals surface area (Å²) in [7, 11) is 0. The van der Waals surface area contributed by atoms with Crippen molar-refractivity contribution in [3.05, 3.63) is 131 Å². The summed E-state index contributed by atoms with van der Waals surface area (Å²) in [5, 5.41) is 3.62. The van der Waals surface area contributed by atoms with E-state index in [4.69, 9.17) is 9.47 Å². The molecular weight excluding hydrogens is 406 g/mol. The van der Waals surface area contributed by atoms with Gasteiger partial charge in [-0.3, -0.25) is 0 Å². The summed E-state index contributed by atoms with van der Waals surface area (Å²) < 4.78 is 12.2. The topological polar surface area (TPSA) is 30.5 Å². The van der Waals surface area contributed by atoms with Crippen LogP contribution in [-0.2, 0) is 19.6 Å². The third-order valence-electron chi connectivity index (χ3n) is 5.60. The average Bonchev–Trinajstić information content (AvgIpc) is 2.88. The molecule has 4 aromatic rings. The molecule has 1 N–H and O–H groups in total. The van der Waals surface area contributed by atoms with Crippen LogP contribution in [-0.4, -0.2) is 6.54 Å². The van der Waals surface area contributed by atoms with Gasteiger partial charge in [0.2, 0.25) is 0 Å². The van der Waals surface area contributed by atoms with Crippen LogP contribution in [0.25, 0.3) is 0 Å². The molecule has 0 aliphatic carbocycles. The van der Waals surface area contributed by atoms with Crippen molar-refractivity contribution in [2.75, 3.05) is 6.54 Å². The van der Waals surface area contributed by atoms with Gasteiger partial charge in [-0.2, -0.15) is 0 Å². The van der Waals surface area contributed by atoms with Gasteiger partial charge in [0.15, 0.2) is 0 Å². The molecule has 0 unspecified atom stereocenters. The molecule has 168 valence electrons. The van der Waals surface area contributed by atoms with Crippen LogP contribution in [0.15, 0.2) is 109 Å². The molecule has 4 aromatic carbocycles. The maximum Gasteiger partial charge on any atom is 0.123 e. The molecular formula is C30H31NO2. The molecule has 0 aliphatic rings. The summed E-state index contributed by atoms with van der Waals surface area (Å²) in [4.78, 5) is 0. The highest BCUT2D eigenvalue weighted by molar-refractivity contribution is 5.39. The summed E-state index contributed by atoms with van der Waals surface area (Å²) in [5.41, 5.74) is 4.78. The Kier molecular flexibility index (Phi) is 8.15. The molecule has 1 atom stereocenters. The van der Waals surface area contributed by atoms with Crippen LogP contribution in [0.3, 0.4) is 0 Å². The molecule has 0 amide bonds. The summed E-state index contributed by atoms with van der Waals surface area (Å²) in [6, 6.07) is 37.5. The van der Waals surface area contributed by atoms with Crippen LogP contribution in [0.2, 0.25) is 0 Å². The Bertz CT molecular complexity index is 1040. The summed E-state index contributed by atoms with van der Waals surface area (Å²) in [5.74, 6) is 1.66. The van der Waals surface area contributed by atoms with Crippen LogP contribution < -0.4 is 14.8 Å². The number of ether oxygens (including phenoxy) is 2. The smallest absolute Gasteiger partial charge is 0.123 e. The monoisotopic (exact) mass is 437 g/mol. The van der Waals surface area contributed by atoms with Crippen LogP contribution >= 0.6 is 0 Å². The third kappa shape index (κ3) is 7.23. The first-order valence-electron chi connectivity index (χ1n) is 11.5. The molecule has 33 heavy (non-hydrogen) atoms. The molecule has 3 heteroatoms. The van der Waals surface area contributed by atoms with Crippen molar-refractivity contribution in [1.82, 2.24) is 5.32 Å². The van der Waals surface area contributed by atoms with E-state index in [0.717, 1.165) is 35.6 Å². The van der Waals surface area contributed by atoms with Crippen molar-refractivity contribution in [3.8, 4) is 11.5 Å². The molecule has 0 heterocycles. The highest BCUT2D eigenvalue weighted by Crippen LogP contribution is 2.25. The number of benzene rings is 4. The van der Waals surface area contributed by atoms with Gasteiger partial charge in [0.1, 0.15) is 24.7 Å². The Labute approximate surface area is 197 Å². The van der Waals surface area contributed by atoms with Crippen molar-refractivity contribution in [1.29, 1.82) is 0 Å². The minimum atomic E-state index is 0.303. The lowest BCUT2D eigenvalue weighted by Crippen LogP contribution is -2.21. The summed E-state index contributed by atoms with van der Waals surface area (Å²) in [6.07, 6.45) is 0.890. The number of hydrogen-bond donors (Lipinski definition) is 1. The van der Waals surface area contributed by atoms with E-state index < -0.39 is 0 Å². The zero-order valence-electron chi connectivity index (χ0n) is 19.1. The molecule has 0 bridgehead atoms. The van der Waals surface area contributed by atoms with Crippen molar-refractivity contribution < 1.29 is 9.47 Å². The average molecular weight is 438 g/mol. The van der Waals surface area contributed by atoms with Crippen molar-refractivity contribution in [2.45, 2.75) is 32.6 Å². The van der Waals surface area contributed by atoms with Crippen molar-refractivity contribution in [3.63, 3.8) is 0 Å². The first-order valence-corrected chi connectivity index (χ1v) is 11.5. The molecule has 0 spiro atoms. The summed E-state index contributed by atoms with van der Waals surface area (Å²) >= 11 is 0. The van der Waals surface area contributed by atoms with Crippen LogP contribution in [0.5, 0.6) is 11.5 Å². The highest BCUT2D eigenvalue weighted by Gasteiger charge is 2.07. The summed E-state index contributed by atoms with van der Waals surface area (Å²) in [6.45, 7) is 4.14. The lowest BCUT2D eigenvalue weighted by atomic mass is 10.1. The van der Waals surface area contributed by atoms with Gasteiger partial charge in [0.05, 0.1) is 0 Å². The molecule has 4 rings (SSSR count). The molecule has 0 aliphatic heterocycles. The van der Waals surface area contributed by atoms with Gasteiger partial charge >= 0.3 is 0 Å². The van der Waals surface area contributed by atoms with E-state index in [1.807, 2.05) is 48.5 Å². The lowest BCUT2D eigenvalue weighted by molar-refractivity contribution is 0.289. The molecule has 0 aromatic heterocycles. The van der Waals surface area contributed by atoms with Gasteiger partial charge < -0.3 is 14.8 Å². The molecule has 0 saturated heterocycles.